The van der Waals surface area contributed by atoms with E-state index in [2.05, 4.69) is 4.74 Å². The molecule has 1 N–H and O–H groups in total. The Balaban J connectivity index is 2.93. The van der Waals surface area contributed by atoms with Gasteiger partial charge in [-0.25, -0.2) is 8.78 Å². The van der Waals surface area contributed by atoms with Gasteiger partial charge in [-0.05, 0) is 37.1 Å². The number of hydrogen-bond acceptors (Lipinski definition) is 3. The summed E-state index contributed by atoms with van der Waals surface area (Å²) in [7, 11) is 0. The second-order valence-corrected chi connectivity index (χ2v) is 3.58. The van der Waals surface area contributed by atoms with E-state index in [1.54, 1.807) is 0 Å². The standard InChI is InChI=1S/C12H12F2O4/c1-2-18-12(17)9(11(15)16)6-7-5-8(13)3-4-10(7)14/h3-5,9H,2,6H2,1H3,(H,15,16). The maximum atomic E-state index is 13.3. The van der Waals surface area contributed by atoms with Gasteiger partial charge in [-0.2, -0.15) is 0 Å². The minimum atomic E-state index is -1.54. The van der Waals surface area contributed by atoms with Crippen LogP contribution in [0.4, 0.5) is 8.78 Å². The molecule has 1 rings (SSSR count). The van der Waals surface area contributed by atoms with E-state index >= 15 is 0 Å². The first-order valence-electron chi connectivity index (χ1n) is 5.29. The number of carbonyl (C=O) groups is 2. The average Bonchev–Trinajstić information content (AvgIpc) is 2.30. The molecule has 1 aromatic carbocycles. The summed E-state index contributed by atoms with van der Waals surface area (Å²) < 4.78 is 30.8. The smallest absolute Gasteiger partial charge is 0.320 e. The van der Waals surface area contributed by atoms with Crippen LogP contribution in [0, 0.1) is 17.6 Å². The first kappa shape index (κ1) is 14.1. The predicted molar refractivity (Wildman–Crippen MR) is 57.8 cm³/mol. The molecule has 18 heavy (non-hydrogen) atoms. The zero-order valence-corrected chi connectivity index (χ0v) is 9.65. The lowest BCUT2D eigenvalue weighted by atomic mass is 9.99. The quantitative estimate of drug-likeness (QED) is 0.645. The molecular formula is C12H12F2O4. The third-order valence-corrected chi connectivity index (χ3v) is 2.30. The Bertz CT molecular complexity index is 459. The van der Waals surface area contributed by atoms with E-state index in [9.17, 15) is 18.4 Å². The van der Waals surface area contributed by atoms with E-state index in [4.69, 9.17) is 5.11 Å². The monoisotopic (exact) mass is 258 g/mol. The molecule has 98 valence electrons. The third kappa shape index (κ3) is 3.51. The fourth-order valence-electron chi connectivity index (χ4n) is 1.43. The molecular weight excluding hydrogens is 246 g/mol. The highest BCUT2D eigenvalue weighted by Crippen LogP contribution is 2.16. The van der Waals surface area contributed by atoms with Crippen LogP contribution in [-0.2, 0) is 20.7 Å². The Morgan fingerprint density at radius 1 is 1.39 bits per heavy atom. The molecule has 0 amide bonds. The topological polar surface area (TPSA) is 63.6 Å². The van der Waals surface area contributed by atoms with Gasteiger partial charge in [-0.3, -0.25) is 9.59 Å². The SMILES string of the molecule is CCOC(=O)C(Cc1cc(F)ccc1F)C(=O)O. The molecule has 0 spiro atoms. The van der Waals surface area contributed by atoms with Crippen molar-refractivity contribution in [1.82, 2.24) is 0 Å². The van der Waals surface area contributed by atoms with Crippen molar-refractivity contribution in [2.75, 3.05) is 6.61 Å². The highest BCUT2D eigenvalue weighted by atomic mass is 19.1. The van der Waals surface area contributed by atoms with E-state index in [1.165, 1.54) is 6.92 Å². The van der Waals surface area contributed by atoms with E-state index in [-0.39, 0.29) is 12.2 Å². The molecule has 0 bridgehead atoms. The summed E-state index contributed by atoms with van der Waals surface area (Å²) in [5.41, 5.74) is -0.171. The van der Waals surface area contributed by atoms with Crippen molar-refractivity contribution in [3.8, 4) is 0 Å². The van der Waals surface area contributed by atoms with Crippen LogP contribution in [0.3, 0.4) is 0 Å². The molecule has 1 unspecified atom stereocenters. The summed E-state index contributed by atoms with van der Waals surface area (Å²) in [6.45, 7) is 1.55. The van der Waals surface area contributed by atoms with Crippen molar-refractivity contribution in [2.24, 2.45) is 5.92 Å². The van der Waals surface area contributed by atoms with Crippen molar-refractivity contribution in [3.63, 3.8) is 0 Å². The Morgan fingerprint density at radius 3 is 2.61 bits per heavy atom. The summed E-state index contributed by atoms with van der Waals surface area (Å²) >= 11 is 0. The zero-order valence-electron chi connectivity index (χ0n) is 9.65. The summed E-state index contributed by atoms with van der Waals surface area (Å²) in [4.78, 5) is 22.3. The fraction of sp³-hybridized carbons (Fsp3) is 0.333. The van der Waals surface area contributed by atoms with Crippen molar-refractivity contribution in [3.05, 3.63) is 35.4 Å². The van der Waals surface area contributed by atoms with Crippen molar-refractivity contribution in [1.29, 1.82) is 0 Å². The molecule has 4 nitrogen and oxygen atoms in total. The number of rotatable bonds is 5. The Hall–Kier alpha value is -1.98. The van der Waals surface area contributed by atoms with Crippen molar-refractivity contribution in [2.45, 2.75) is 13.3 Å². The third-order valence-electron chi connectivity index (χ3n) is 2.30. The largest absolute Gasteiger partial charge is 0.481 e. The summed E-state index contributed by atoms with van der Waals surface area (Å²) in [6, 6.07) is 2.66. The molecule has 1 aromatic rings. The second kappa shape index (κ2) is 6.09. The number of halogens is 2. The van der Waals surface area contributed by atoms with Gasteiger partial charge in [0.15, 0.2) is 5.92 Å². The van der Waals surface area contributed by atoms with Crippen LogP contribution >= 0.6 is 0 Å². The van der Waals surface area contributed by atoms with Gasteiger partial charge in [0.25, 0.3) is 0 Å². The molecule has 0 heterocycles. The van der Waals surface area contributed by atoms with E-state index in [1.807, 2.05) is 0 Å². The van der Waals surface area contributed by atoms with Gasteiger partial charge in [0, 0.05) is 0 Å². The molecule has 0 aliphatic rings. The molecule has 0 aromatic heterocycles. The number of ether oxygens (including phenoxy) is 1. The molecule has 0 aliphatic heterocycles. The van der Waals surface area contributed by atoms with Gasteiger partial charge in [0.05, 0.1) is 6.61 Å². The lowest BCUT2D eigenvalue weighted by molar-refractivity contribution is -0.158. The number of benzene rings is 1. The van der Waals surface area contributed by atoms with Gasteiger partial charge in [-0.15, -0.1) is 0 Å². The molecule has 0 saturated carbocycles. The van der Waals surface area contributed by atoms with Crippen molar-refractivity contribution < 1.29 is 28.2 Å². The number of carbonyl (C=O) groups excluding carboxylic acids is 1. The van der Waals surface area contributed by atoms with Gasteiger partial charge in [0.2, 0.25) is 0 Å². The van der Waals surface area contributed by atoms with E-state index < -0.39 is 35.9 Å². The zero-order chi connectivity index (χ0) is 13.7. The first-order chi connectivity index (χ1) is 8.45. The van der Waals surface area contributed by atoms with Crippen LogP contribution in [0.15, 0.2) is 18.2 Å². The summed E-state index contributed by atoms with van der Waals surface area (Å²) in [5, 5.41) is 8.87. The first-order valence-corrected chi connectivity index (χ1v) is 5.29. The van der Waals surface area contributed by atoms with Crippen LogP contribution < -0.4 is 0 Å². The fourth-order valence-corrected chi connectivity index (χ4v) is 1.43. The average molecular weight is 258 g/mol. The van der Waals surface area contributed by atoms with Gasteiger partial charge in [0.1, 0.15) is 11.6 Å². The second-order valence-electron chi connectivity index (χ2n) is 3.58. The van der Waals surface area contributed by atoms with Crippen molar-refractivity contribution >= 4 is 11.9 Å². The van der Waals surface area contributed by atoms with Crippen LogP contribution in [0.1, 0.15) is 12.5 Å². The van der Waals surface area contributed by atoms with Gasteiger partial charge < -0.3 is 9.84 Å². The number of carboxylic acid groups (broad SMARTS) is 1. The highest BCUT2D eigenvalue weighted by Gasteiger charge is 2.29. The minimum Gasteiger partial charge on any atom is -0.481 e. The summed E-state index contributed by atoms with van der Waals surface area (Å²) in [6.07, 6.45) is -0.447. The normalized spacial score (nSPS) is 11.9. The molecule has 0 saturated heterocycles. The minimum absolute atomic E-state index is 0.0221. The van der Waals surface area contributed by atoms with E-state index in [0.29, 0.717) is 0 Å². The Kier molecular flexibility index (Phi) is 4.76. The Labute approximate surface area is 102 Å². The molecule has 0 fully saturated rings. The van der Waals surface area contributed by atoms with Gasteiger partial charge in [-0.1, -0.05) is 0 Å². The number of hydrogen-bond donors (Lipinski definition) is 1. The lowest BCUT2D eigenvalue weighted by Gasteiger charge is -2.11. The number of carboxylic acids is 1. The van der Waals surface area contributed by atoms with Crippen LogP contribution in [0.2, 0.25) is 0 Å². The molecule has 0 radical (unpaired) electrons. The molecule has 0 aliphatic carbocycles. The Morgan fingerprint density at radius 2 is 2.06 bits per heavy atom. The predicted octanol–water partition coefficient (Wildman–Crippen LogP) is 1.77. The maximum absolute atomic E-state index is 13.3. The maximum Gasteiger partial charge on any atom is 0.320 e. The highest BCUT2D eigenvalue weighted by molar-refractivity contribution is 5.94. The van der Waals surface area contributed by atoms with Gasteiger partial charge >= 0.3 is 11.9 Å². The van der Waals surface area contributed by atoms with Crippen LogP contribution in [0.5, 0.6) is 0 Å². The van der Waals surface area contributed by atoms with Crippen LogP contribution in [-0.4, -0.2) is 23.7 Å². The lowest BCUT2D eigenvalue weighted by Crippen LogP contribution is -2.28. The summed E-state index contributed by atoms with van der Waals surface area (Å²) in [5.74, 6) is -5.39. The molecule has 1 atom stereocenters. The number of aliphatic carboxylic acids is 1. The molecule has 6 heteroatoms. The van der Waals surface area contributed by atoms with E-state index in [0.717, 1.165) is 18.2 Å². The number of esters is 1. The van der Waals surface area contributed by atoms with Crippen LogP contribution in [0.25, 0.3) is 0 Å².